The van der Waals surface area contributed by atoms with Crippen molar-refractivity contribution >= 4 is 5.97 Å². The molecule has 7 nitrogen and oxygen atoms in total. The molecule has 3 N–H and O–H groups in total. The van der Waals surface area contributed by atoms with Crippen molar-refractivity contribution in [3.63, 3.8) is 0 Å². The van der Waals surface area contributed by atoms with E-state index in [4.69, 9.17) is 14.2 Å². The van der Waals surface area contributed by atoms with E-state index < -0.39 is 30.7 Å². The Morgan fingerprint density at radius 2 is 1.37 bits per heavy atom. The van der Waals surface area contributed by atoms with Gasteiger partial charge in [-0.3, -0.25) is 4.79 Å². The van der Waals surface area contributed by atoms with Gasteiger partial charge in [0.15, 0.2) is 6.29 Å². The van der Waals surface area contributed by atoms with Crippen LogP contribution in [0.1, 0.15) is 235 Å². The van der Waals surface area contributed by atoms with Crippen LogP contribution in [0.4, 0.5) is 0 Å². The third kappa shape index (κ3) is 16.4. The molecule has 14 unspecified atom stereocenters. The second-order valence-corrected chi connectivity index (χ2v) is 23.6. The van der Waals surface area contributed by atoms with Gasteiger partial charge in [-0.15, -0.1) is 0 Å². The van der Waals surface area contributed by atoms with E-state index in [9.17, 15) is 20.1 Å². The SMILES string of the molecule is CCCCCCC/C=C\C/C=C\CCCCCCCCCCCCCC(=O)OCC1OC(OC2CCC3(C)C(=CCC4C3CCC3(C)C(C(C)/C=C/C(CC)C(C)C)CCC43)C2)C(O)C(O)C1O. The van der Waals surface area contributed by atoms with Gasteiger partial charge in [0.05, 0.1) is 6.10 Å². The lowest BCUT2D eigenvalue weighted by molar-refractivity contribution is -0.313. The van der Waals surface area contributed by atoms with Crippen LogP contribution in [0.3, 0.4) is 0 Å². The fourth-order valence-corrected chi connectivity index (χ4v) is 14.0. The van der Waals surface area contributed by atoms with Gasteiger partial charge in [0.1, 0.15) is 31.0 Å². The molecule has 390 valence electrons. The van der Waals surface area contributed by atoms with Gasteiger partial charge >= 0.3 is 5.97 Å². The third-order valence-corrected chi connectivity index (χ3v) is 18.5. The summed E-state index contributed by atoms with van der Waals surface area (Å²) < 4.78 is 18.1. The highest BCUT2D eigenvalue weighted by molar-refractivity contribution is 5.69. The quantitative estimate of drug-likeness (QED) is 0.0361. The van der Waals surface area contributed by atoms with Gasteiger partial charge in [-0.1, -0.05) is 180 Å². The zero-order chi connectivity index (χ0) is 48.9. The molecule has 3 saturated carbocycles. The number of unbranched alkanes of at least 4 members (excludes halogenated alkanes) is 16. The summed E-state index contributed by atoms with van der Waals surface area (Å²) in [6, 6.07) is 0. The van der Waals surface area contributed by atoms with Gasteiger partial charge in [0, 0.05) is 6.42 Å². The van der Waals surface area contributed by atoms with Crippen molar-refractivity contribution in [2.24, 2.45) is 52.3 Å². The maximum atomic E-state index is 12.7. The van der Waals surface area contributed by atoms with Crippen molar-refractivity contribution in [2.45, 2.75) is 271 Å². The molecule has 1 saturated heterocycles. The van der Waals surface area contributed by atoms with Crippen molar-refractivity contribution < 1.29 is 34.3 Å². The van der Waals surface area contributed by atoms with Gasteiger partial charge in [-0.2, -0.15) is 0 Å². The Labute approximate surface area is 417 Å². The summed E-state index contributed by atoms with van der Waals surface area (Å²) >= 11 is 0. The summed E-state index contributed by atoms with van der Waals surface area (Å²) in [6.45, 7) is 16.8. The standard InChI is InChI=1S/C61H104O7/c1-8-10-11-12-13-14-15-16-17-18-19-20-21-22-23-24-25-26-27-28-29-30-31-32-55(62)66-44-54-56(63)57(64)58(65)59(68-54)67-49-39-41-60(6)48(43-49)35-36-50-52-38-37-51(61(52,7)42-40-53(50)60)46(5)33-34-47(9-2)45(3)4/h15-16,18-19,33-35,45-47,49-54,56-59,63-65H,8-14,17,20-32,36-44H2,1-7H3/b16-15-,19-18-,34-33+. The van der Waals surface area contributed by atoms with E-state index in [2.05, 4.69) is 91.0 Å². The number of hydrogen-bond acceptors (Lipinski definition) is 7. The summed E-state index contributed by atoms with van der Waals surface area (Å²) in [7, 11) is 0. The minimum absolute atomic E-state index is 0.152. The maximum Gasteiger partial charge on any atom is 0.305 e. The highest BCUT2D eigenvalue weighted by Crippen LogP contribution is 2.67. The van der Waals surface area contributed by atoms with E-state index in [1.165, 1.54) is 134 Å². The molecule has 1 heterocycles. The number of aliphatic hydroxyl groups is 3. The van der Waals surface area contributed by atoms with Gasteiger partial charge < -0.3 is 29.5 Å². The van der Waals surface area contributed by atoms with Gasteiger partial charge in [0.2, 0.25) is 0 Å². The number of aliphatic hydroxyl groups excluding tert-OH is 3. The van der Waals surface area contributed by atoms with Crippen LogP contribution in [0.2, 0.25) is 0 Å². The highest BCUT2D eigenvalue weighted by atomic mass is 16.7. The van der Waals surface area contributed by atoms with Gasteiger partial charge in [-0.25, -0.2) is 0 Å². The number of fused-ring (bicyclic) bond motifs is 5. The molecule has 0 amide bonds. The van der Waals surface area contributed by atoms with Crippen LogP contribution in [0.5, 0.6) is 0 Å². The minimum Gasteiger partial charge on any atom is -0.463 e. The van der Waals surface area contributed by atoms with E-state index in [-0.39, 0.29) is 24.1 Å². The lowest BCUT2D eigenvalue weighted by Gasteiger charge is -2.58. The molecule has 4 aliphatic carbocycles. The first-order valence-electron chi connectivity index (χ1n) is 29.0. The Morgan fingerprint density at radius 1 is 0.735 bits per heavy atom. The van der Waals surface area contributed by atoms with Crippen molar-refractivity contribution in [1.29, 1.82) is 0 Å². The largest absolute Gasteiger partial charge is 0.463 e. The molecule has 14 atom stereocenters. The average molecular weight is 949 g/mol. The van der Waals surface area contributed by atoms with E-state index in [1.807, 2.05) is 0 Å². The van der Waals surface area contributed by atoms with Crippen molar-refractivity contribution in [1.82, 2.24) is 0 Å². The molecule has 0 radical (unpaired) electrons. The normalized spacial score (nSPS) is 33.8. The molecule has 0 spiro atoms. The topological polar surface area (TPSA) is 105 Å². The average Bonchev–Trinajstić information content (AvgIpc) is 3.69. The first kappa shape index (κ1) is 57.1. The van der Waals surface area contributed by atoms with Crippen molar-refractivity contribution in [3.8, 4) is 0 Å². The van der Waals surface area contributed by atoms with Crippen LogP contribution >= 0.6 is 0 Å². The van der Waals surface area contributed by atoms with Crippen molar-refractivity contribution in [3.05, 3.63) is 48.1 Å². The smallest absolute Gasteiger partial charge is 0.305 e. The Morgan fingerprint density at radius 3 is 2.00 bits per heavy atom. The van der Waals surface area contributed by atoms with Crippen LogP contribution in [-0.4, -0.2) is 64.7 Å². The van der Waals surface area contributed by atoms with Gasteiger partial charge in [0.25, 0.3) is 0 Å². The maximum absolute atomic E-state index is 12.7. The number of carbonyl (C=O) groups excluding carboxylic acids is 1. The molecular formula is C61H104O7. The molecule has 0 aromatic carbocycles. The minimum atomic E-state index is -1.45. The van der Waals surface area contributed by atoms with E-state index in [1.54, 1.807) is 0 Å². The van der Waals surface area contributed by atoms with E-state index in [0.29, 0.717) is 35.5 Å². The number of allylic oxidation sites excluding steroid dienone is 7. The number of esters is 1. The Balaban J connectivity index is 0.930. The number of carbonyl (C=O) groups is 1. The summed E-state index contributed by atoms with van der Waals surface area (Å²) in [5.41, 5.74) is 2.04. The Kier molecular flexibility index (Phi) is 24.9. The lowest BCUT2D eigenvalue weighted by atomic mass is 9.47. The molecule has 4 fully saturated rings. The fraction of sp³-hybridized carbons (Fsp3) is 0.852. The zero-order valence-corrected chi connectivity index (χ0v) is 44.7. The van der Waals surface area contributed by atoms with Gasteiger partial charge in [-0.05, 0) is 149 Å². The fourth-order valence-electron chi connectivity index (χ4n) is 14.0. The molecule has 0 aromatic heterocycles. The van der Waals surface area contributed by atoms with Crippen LogP contribution in [-0.2, 0) is 19.0 Å². The lowest BCUT2D eigenvalue weighted by Crippen LogP contribution is -2.60. The monoisotopic (exact) mass is 949 g/mol. The molecule has 7 heteroatoms. The van der Waals surface area contributed by atoms with Crippen molar-refractivity contribution in [2.75, 3.05) is 6.61 Å². The van der Waals surface area contributed by atoms with Crippen LogP contribution in [0.25, 0.3) is 0 Å². The molecule has 5 rings (SSSR count). The van der Waals surface area contributed by atoms with E-state index in [0.717, 1.165) is 69.1 Å². The van der Waals surface area contributed by atoms with E-state index >= 15 is 0 Å². The first-order chi connectivity index (χ1) is 32.8. The van der Waals surface area contributed by atoms with Crippen LogP contribution < -0.4 is 0 Å². The number of rotatable bonds is 31. The number of hydrogen-bond donors (Lipinski definition) is 3. The summed E-state index contributed by atoms with van der Waals surface area (Å²) in [5, 5.41) is 32.7. The molecule has 0 bridgehead atoms. The zero-order valence-electron chi connectivity index (χ0n) is 44.7. The molecular weight excluding hydrogens is 845 g/mol. The molecule has 68 heavy (non-hydrogen) atoms. The molecule has 0 aromatic rings. The summed E-state index contributed by atoms with van der Waals surface area (Å²) in [4.78, 5) is 12.7. The summed E-state index contributed by atoms with van der Waals surface area (Å²) in [5.74, 6) is 4.60. The Bertz CT molecular complexity index is 1550. The highest BCUT2D eigenvalue weighted by Gasteiger charge is 2.59. The molecule has 1 aliphatic heterocycles. The third-order valence-electron chi connectivity index (χ3n) is 18.5. The predicted octanol–water partition coefficient (Wildman–Crippen LogP) is 15.1. The summed E-state index contributed by atoms with van der Waals surface area (Å²) in [6.07, 6.45) is 44.8. The Hall–Kier alpha value is -1.77. The predicted molar refractivity (Wildman–Crippen MR) is 281 cm³/mol. The first-order valence-corrected chi connectivity index (χ1v) is 29.0. The van der Waals surface area contributed by atoms with Crippen LogP contribution in [0.15, 0.2) is 48.1 Å². The number of ether oxygens (including phenoxy) is 3. The second kappa shape index (κ2) is 29.7. The van der Waals surface area contributed by atoms with Crippen LogP contribution in [0, 0.1) is 52.3 Å². The second-order valence-electron chi connectivity index (χ2n) is 23.6. The molecule has 5 aliphatic rings.